The molecule has 0 fully saturated rings. The third kappa shape index (κ3) is 4.49. The Hall–Kier alpha value is -3.07. The molecule has 1 heterocycles. The summed E-state index contributed by atoms with van der Waals surface area (Å²) in [4.78, 5) is 22.5. The first-order valence-electron chi connectivity index (χ1n) is 6.65. The SMILES string of the molecule is Cc1ccccc1OCC#CCNC(=O)c1ccc(=O)[nH]n1. The molecule has 22 heavy (non-hydrogen) atoms. The van der Waals surface area contributed by atoms with Crippen molar-refractivity contribution in [2.45, 2.75) is 6.92 Å². The molecule has 1 aromatic carbocycles. The van der Waals surface area contributed by atoms with Crippen molar-refractivity contribution < 1.29 is 9.53 Å². The van der Waals surface area contributed by atoms with Crippen LogP contribution >= 0.6 is 0 Å². The molecule has 0 saturated heterocycles. The van der Waals surface area contributed by atoms with Crippen molar-refractivity contribution >= 4 is 5.91 Å². The third-order valence-electron chi connectivity index (χ3n) is 2.77. The van der Waals surface area contributed by atoms with Crippen LogP contribution in [0.4, 0.5) is 0 Å². The topological polar surface area (TPSA) is 84.1 Å². The number of ether oxygens (including phenoxy) is 1. The van der Waals surface area contributed by atoms with E-state index in [0.717, 1.165) is 11.3 Å². The number of para-hydroxylation sites is 1. The van der Waals surface area contributed by atoms with Crippen molar-refractivity contribution in [1.82, 2.24) is 15.5 Å². The molecule has 6 nitrogen and oxygen atoms in total. The highest BCUT2D eigenvalue weighted by Crippen LogP contribution is 2.15. The molecule has 0 saturated carbocycles. The van der Waals surface area contributed by atoms with E-state index < -0.39 is 5.91 Å². The smallest absolute Gasteiger partial charge is 0.272 e. The maximum atomic E-state index is 11.7. The van der Waals surface area contributed by atoms with Gasteiger partial charge in [0, 0.05) is 6.07 Å². The average Bonchev–Trinajstić information content (AvgIpc) is 2.53. The van der Waals surface area contributed by atoms with E-state index in [2.05, 4.69) is 27.4 Å². The van der Waals surface area contributed by atoms with E-state index in [4.69, 9.17) is 4.74 Å². The minimum absolute atomic E-state index is 0.137. The number of aromatic amines is 1. The molecule has 0 bridgehead atoms. The standard InChI is InChI=1S/C16H15N3O3/c1-12-6-2-3-7-14(12)22-11-5-4-10-17-16(21)13-8-9-15(20)19-18-13/h2-3,6-9H,10-11H2,1H3,(H,17,21)(H,19,20). The van der Waals surface area contributed by atoms with Gasteiger partial charge in [0.25, 0.3) is 11.5 Å². The average molecular weight is 297 g/mol. The van der Waals surface area contributed by atoms with Crippen molar-refractivity contribution in [1.29, 1.82) is 0 Å². The Morgan fingerprint density at radius 1 is 1.27 bits per heavy atom. The molecule has 1 amide bonds. The first-order chi connectivity index (χ1) is 10.7. The Labute approximate surface area is 127 Å². The van der Waals surface area contributed by atoms with Crippen LogP contribution in [-0.2, 0) is 0 Å². The van der Waals surface area contributed by atoms with E-state index in [1.807, 2.05) is 31.2 Å². The number of hydrogen-bond acceptors (Lipinski definition) is 4. The van der Waals surface area contributed by atoms with Crippen LogP contribution in [0.2, 0.25) is 0 Å². The van der Waals surface area contributed by atoms with Gasteiger partial charge >= 0.3 is 0 Å². The van der Waals surface area contributed by atoms with Gasteiger partial charge in [0.05, 0.1) is 6.54 Å². The predicted octanol–water partition coefficient (Wildman–Crippen LogP) is 0.891. The number of nitrogens with one attached hydrogen (secondary N) is 2. The van der Waals surface area contributed by atoms with Gasteiger partial charge < -0.3 is 10.1 Å². The minimum Gasteiger partial charge on any atom is -0.481 e. The predicted molar refractivity (Wildman–Crippen MR) is 81.6 cm³/mol. The number of amides is 1. The Balaban J connectivity index is 1.75. The number of nitrogens with zero attached hydrogens (tertiary/aromatic N) is 1. The molecule has 0 aliphatic rings. The summed E-state index contributed by atoms with van der Waals surface area (Å²) in [7, 11) is 0. The largest absolute Gasteiger partial charge is 0.481 e. The number of aromatic nitrogens is 2. The molecule has 0 aliphatic carbocycles. The van der Waals surface area contributed by atoms with Gasteiger partial charge in [-0.15, -0.1) is 0 Å². The van der Waals surface area contributed by atoms with Gasteiger partial charge in [-0.2, -0.15) is 5.10 Å². The van der Waals surface area contributed by atoms with Crippen LogP contribution in [0.5, 0.6) is 5.75 Å². The van der Waals surface area contributed by atoms with Crippen LogP contribution in [0.25, 0.3) is 0 Å². The van der Waals surface area contributed by atoms with Gasteiger partial charge in [0.2, 0.25) is 0 Å². The summed E-state index contributed by atoms with van der Waals surface area (Å²) in [5, 5.41) is 8.39. The Bertz CT molecular complexity index is 751. The highest BCUT2D eigenvalue weighted by atomic mass is 16.5. The Morgan fingerprint density at radius 3 is 2.82 bits per heavy atom. The van der Waals surface area contributed by atoms with Crippen LogP contribution in [-0.4, -0.2) is 29.3 Å². The lowest BCUT2D eigenvalue weighted by molar-refractivity contribution is 0.0952. The number of aryl methyl sites for hydroxylation is 1. The molecule has 112 valence electrons. The number of H-pyrrole nitrogens is 1. The summed E-state index contributed by atoms with van der Waals surface area (Å²) in [5.74, 6) is 5.98. The molecule has 2 aromatic rings. The van der Waals surface area contributed by atoms with Crippen LogP contribution < -0.4 is 15.6 Å². The van der Waals surface area contributed by atoms with Crippen molar-refractivity contribution in [3.05, 3.63) is 58.0 Å². The lowest BCUT2D eigenvalue weighted by Crippen LogP contribution is -2.26. The lowest BCUT2D eigenvalue weighted by Gasteiger charge is -2.04. The first kappa shape index (κ1) is 15.3. The van der Waals surface area contributed by atoms with E-state index in [1.165, 1.54) is 12.1 Å². The van der Waals surface area contributed by atoms with Crippen molar-refractivity contribution in [3.63, 3.8) is 0 Å². The summed E-state index contributed by atoms with van der Waals surface area (Å²) in [5.41, 5.74) is 0.823. The second-order valence-electron chi connectivity index (χ2n) is 4.40. The zero-order chi connectivity index (χ0) is 15.8. The maximum absolute atomic E-state index is 11.7. The Morgan fingerprint density at radius 2 is 2.09 bits per heavy atom. The number of benzene rings is 1. The van der Waals surface area contributed by atoms with Gasteiger partial charge in [-0.25, -0.2) is 5.10 Å². The third-order valence-corrected chi connectivity index (χ3v) is 2.77. The summed E-state index contributed by atoms with van der Waals surface area (Å²) in [6, 6.07) is 10.3. The van der Waals surface area contributed by atoms with Gasteiger partial charge in [0.1, 0.15) is 18.1 Å². The van der Waals surface area contributed by atoms with Crippen molar-refractivity contribution in [3.8, 4) is 17.6 Å². The van der Waals surface area contributed by atoms with Crippen LogP contribution in [0.3, 0.4) is 0 Å². The fourth-order valence-corrected chi connectivity index (χ4v) is 1.63. The van der Waals surface area contributed by atoms with E-state index in [0.29, 0.717) is 0 Å². The monoisotopic (exact) mass is 297 g/mol. The molecular formula is C16H15N3O3. The molecule has 2 N–H and O–H groups in total. The zero-order valence-electron chi connectivity index (χ0n) is 12.1. The zero-order valence-corrected chi connectivity index (χ0v) is 12.1. The number of hydrogen-bond donors (Lipinski definition) is 2. The molecule has 2 rings (SSSR count). The van der Waals surface area contributed by atoms with Gasteiger partial charge in [0.15, 0.2) is 0 Å². The second-order valence-corrected chi connectivity index (χ2v) is 4.40. The van der Waals surface area contributed by atoms with Gasteiger partial charge in [-0.05, 0) is 24.6 Å². The van der Waals surface area contributed by atoms with Crippen LogP contribution in [0, 0.1) is 18.8 Å². The fraction of sp³-hybridized carbons (Fsp3) is 0.188. The minimum atomic E-state index is -0.398. The maximum Gasteiger partial charge on any atom is 0.272 e. The Kier molecular flexibility index (Phi) is 5.32. The van der Waals surface area contributed by atoms with Crippen molar-refractivity contribution in [2.24, 2.45) is 0 Å². The van der Waals surface area contributed by atoms with Crippen LogP contribution in [0.1, 0.15) is 16.1 Å². The summed E-state index contributed by atoms with van der Waals surface area (Å²) < 4.78 is 5.50. The quantitative estimate of drug-likeness (QED) is 0.821. The van der Waals surface area contributed by atoms with E-state index in [-0.39, 0.29) is 24.4 Å². The number of carbonyl (C=O) groups excluding carboxylic acids is 1. The fourth-order valence-electron chi connectivity index (χ4n) is 1.63. The number of carbonyl (C=O) groups is 1. The lowest BCUT2D eigenvalue weighted by atomic mass is 10.2. The van der Waals surface area contributed by atoms with E-state index in [9.17, 15) is 9.59 Å². The van der Waals surface area contributed by atoms with Gasteiger partial charge in [-0.1, -0.05) is 30.0 Å². The van der Waals surface area contributed by atoms with Crippen molar-refractivity contribution in [2.75, 3.05) is 13.2 Å². The summed E-state index contributed by atoms with van der Waals surface area (Å²) in [6.45, 7) is 2.38. The molecule has 0 unspecified atom stereocenters. The highest BCUT2D eigenvalue weighted by molar-refractivity contribution is 5.92. The summed E-state index contributed by atoms with van der Waals surface area (Å²) >= 11 is 0. The highest BCUT2D eigenvalue weighted by Gasteiger charge is 2.04. The van der Waals surface area contributed by atoms with Crippen LogP contribution in [0.15, 0.2) is 41.2 Å². The van der Waals surface area contributed by atoms with E-state index >= 15 is 0 Å². The normalized spacial score (nSPS) is 9.50. The van der Waals surface area contributed by atoms with E-state index in [1.54, 1.807) is 0 Å². The number of rotatable bonds is 4. The summed E-state index contributed by atoms with van der Waals surface area (Å²) in [6.07, 6.45) is 0. The first-order valence-corrected chi connectivity index (χ1v) is 6.65. The molecule has 6 heteroatoms. The molecule has 0 atom stereocenters. The molecule has 0 aliphatic heterocycles. The molecular weight excluding hydrogens is 282 g/mol. The molecule has 1 aromatic heterocycles. The molecule has 0 spiro atoms. The molecule has 0 radical (unpaired) electrons. The second kappa shape index (κ2) is 7.64. The van der Waals surface area contributed by atoms with Gasteiger partial charge in [-0.3, -0.25) is 9.59 Å².